The zero-order chi connectivity index (χ0) is 28.8. The van der Waals surface area contributed by atoms with Crippen LogP contribution in [0.4, 0.5) is 11.4 Å². The summed E-state index contributed by atoms with van der Waals surface area (Å²) in [6.07, 6.45) is 3.13. The number of anilines is 2. The summed E-state index contributed by atoms with van der Waals surface area (Å²) in [4.78, 5) is 30.8. The summed E-state index contributed by atoms with van der Waals surface area (Å²) in [5, 5.41) is 11.0. The minimum atomic E-state index is -0.455. The SMILES string of the molecule is COc1ccc(-n2ncc(Oc3ccc(Cl)c(C)c3)c(Nc3cccc(C(=O)NCc4ccccn4)c3)c2=O)cc1. The number of halogens is 1. The van der Waals surface area contributed by atoms with Crippen molar-refractivity contribution >= 4 is 28.9 Å². The van der Waals surface area contributed by atoms with Crippen LogP contribution in [0.3, 0.4) is 0 Å². The van der Waals surface area contributed by atoms with Crippen molar-refractivity contribution in [2.24, 2.45) is 0 Å². The van der Waals surface area contributed by atoms with Gasteiger partial charge in [0.2, 0.25) is 0 Å². The van der Waals surface area contributed by atoms with Gasteiger partial charge in [0.05, 0.1) is 31.2 Å². The van der Waals surface area contributed by atoms with Crippen LogP contribution >= 0.6 is 11.6 Å². The molecule has 0 fully saturated rings. The second kappa shape index (κ2) is 12.4. The number of hydrogen-bond acceptors (Lipinski definition) is 7. The largest absolute Gasteiger partial charge is 0.497 e. The van der Waals surface area contributed by atoms with E-state index in [0.29, 0.717) is 33.5 Å². The molecule has 0 saturated heterocycles. The van der Waals surface area contributed by atoms with Crippen LogP contribution in [0.15, 0.2) is 102 Å². The number of carbonyl (C=O) groups excluding carboxylic acids is 1. The molecule has 0 spiro atoms. The molecule has 0 aliphatic rings. The van der Waals surface area contributed by atoms with Crippen LogP contribution in [0.2, 0.25) is 5.02 Å². The van der Waals surface area contributed by atoms with Gasteiger partial charge in [-0.3, -0.25) is 14.6 Å². The third-order valence-corrected chi connectivity index (χ3v) is 6.59. The number of amides is 1. The lowest BCUT2D eigenvalue weighted by Gasteiger charge is -2.15. The lowest BCUT2D eigenvalue weighted by atomic mass is 10.1. The van der Waals surface area contributed by atoms with Gasteiger partial charge in [-0.25, -0.2) is 0 Å². The summed E-state index contributed by atoms with van der Waals surface area (Å²) < 4.78 is 12.6. The molecule has 41 heavy (non-hydrogen) atoms. The van der Waals surface area contributed by atoms with Crippen molar-refractivity contribution in [3.63, 3.8) is 0 Å². The summed E-state index contributed by atoms with van der Waals surface area (Å²) >= 11 is 6.18. The van der Waals surface area contributed by atoms with Crippen molar-refractivity contribution in [3.05, 3.63) is 130 Å². The maximum Gasteiger partial charge on any atom is 0.299 e. The molecule has 0 aliphatic heterocycles. The van der Waals surface area contributed by atoms with Crippen LogP contribution in [-0.2, 0) is 6.54 Å². The van der Waals surface area contributed by atoms with Gasteiger partial charge < -0.3 is 20.1 Å². The zero-order valence-electron chi connectivity index (χ0n) is 22.3. The molecule has 0 saturated carbocycles. The highest BCUT2D eigenvalue weighted by Crippen LogP contribution is 2.31. The molecule has 5 rings (SSSR count). The summed E-state index contributed by atoms with van der Waals surface area (Å²) in [7, 11) is 1.57. The third-order valence-electron chi connectivity index (χ3n) is 6.17. The standard InChI is InChI=1S/C31H26ClN5O4/c1-20-16-26(13-14-27(20)32)41-28-19-35-37(24-9-11-25(40-2)12-10-24)31(39)29(28)36-22-8-5-6-21(17-22)30(38)34-18-23-7-3-4-15-33-23/h3-17,19,36H,18H2,1-2H3,(H,34,38). The van der Waals surface area contributed by atoms with Gasteiger partial charge in [0, 0.05) is 22.5 Å². The van der Waals surface area contributed by atoms with E-state index in [1.165, 1.54) is 10.9 Å². The first kappa shape index (κ1) is 27.4. The van der Waals surface area contributed by atoms with Crippen molar-refractivity contribution in [2.45, 2.75) is 13.5 Å². The Balaban J connectivity index is 1.47. The highest BCUT2D eigenvalue weighted by Gasteiger charge is 2.17. The Labute approximate surface area is 241 Å². The van der Waals surface area contributed by atoms with Gasteiger partial charge in [0.15, 0.2) is 11.4 Å². The number of carbonyl (C=O) groups is 1. The molecule has 2 heterocycles. The number of ether oxygens (including phenoxy) is 2. The number of nitrogens with zero attached hydrogens (tertiary/aromatic N) is 3. The lowest BCUT2D eigenvalue weighted by Crippen LogP contribution is -2.24. The van der Waals surface area contributed by atoms with Crippen molar-refractivity contribution in [2.75, 3.05) is 12.4 Å². The Morgan fingerprint density at radius 2 is 1.78 bits per heavy atom. The van der Waals surface area contributed by atoms with Gasteiger partial charge in [0.25, 0.3) is 11.5 Å². The number of hydrogen-bond donors (Lipinski definition) is 2. The molecule has 10 heteroatoms. The van der Waals surface area contributed by atoms with Crippen LogP contribution < -0.4 is 25.7 Å². The lowest BCUT2D eigenvalue weighted by molar-refractivity contribution is 0.0950. The Morgan fingerprint density at radius 1 is 0.976 bits per heavy atom. The van der Waals surface area contributed by atoms with E-state index in [4.69, 9.17) is 21.1 Å². The summed E-state index contributed by atoms with van der Waals surface area (Å²) in [5.41, 5.74) is 2.70. The van der Waals surface area contributed by atoms with E-state index in [9.17, 15) is 9.59 Å². The quantitative estimate of drug-likeness (QED) is 0.223. The van der Waals surface area contributed by atoms with Crippen LogP contribution in [0.5, 0.6) is 17.2 Å². The van der Waals surface area contributed by atoms with E-state index >= 15 is 0 Å². The van der Waals surface area contributed by atoms with E-state index in [2.05, 4.69) is 20.7 Å². The fourth-order valence-electron chi connectivity index (χ4n) is 4.00. The Morgan fingerprint density at radius 3 is 2.51 bits per heavy atom. The van der Waals surface area contributed by atoms with E-state index in [1.807, 2.05) is 25.1 Å². The van der Waals surface area contributed by atoms with E-state index < -0.39 is 5.56 Å². The fourth-order valence-corrected chi connectivity index (χ4v) is 4.12. The molecule has 0 aliphatic carbocycles. The van der Waals surface area contributed by atoms with Gasteiger partial charge in [-0.05, 0) is 85.3 Å². The summed E-state index contributed by atoms with van der Waals surface area (Å²) in [6, 6.07) is 24.5. The molecular weight excluding hydrogens is 542 g/mol. The van der Waals surface area contributed by atoms with Gasteiger partial charge in [-0.1, -0.05) is 23.7 Å². The molecule has 3 aromatic carbocycles. The van der Waals surface area contributed by atoms with E-state index in [1.54, 1.807) is 80.0 Å². The van der Waals surface area contributed by atoms with Gasteiger partial charge >= 0.3 is 0 Å². The normalized spacial score (nSPS) is 10.6. The molecule has 0 unspecified atom stereocenters. The highest BCUT2D eigenvalue weighted by molar-refractivity contribution is 6.31. The van der Waals surface area contributed by atoms with E-state index in [0.717, 1.165) is 11.3 Å². The van der Waals surface area contributed by atoms with Crippen molar-refractivity contribution in [1.82, 2.24) is 20.1 Å². The number of rotatable bonds is 9. The predicted molar refractivity (Wildman–Crippen MR) is 158 cm³/mol. The first-order valence-corrected chi connectivity index (χ1v) is 13.0. The Bertz CT molecular complexity index is 1740. The maximum atomic E-state index is 13.8. The Kier molecular flexibility index (Phi) is 8.26. The van der Waals surface area contributed by atoms with Crippen LogP contribution in [0.25, 0.3) is 5.69 Å². The summed E-state index contributed by atoms with van der Waals surface area (Å²) in [6.45, 7) is 2.14. The van der Waals surface area contributed by atoms with Crippen molar-refractivity contribution in [3.8, 4) is 22.9 Å². The summed E-state index contributed by atoms with van der Waals surface area (Å²) in [5.74, 6) is 1.06. The molecule has 0 radical (unpaired) electrons. The Hall–Kier alpha value is -5.15. The first-order valence-electron chi connectivity index (χ1n) is 12.7. The van der Waals surface area contributed by atoms with Crippen LogP contribution in [0, 0.1) is 6.92 Å². The molecule has 2 aromatic heterocycles. The molecule has 5 aromatic rings. The van der Waals surface area contributed by atoms with Gasteiger partial charge in [0.1, 0.15) is 11.5 Å². The molecule has 0 bridgehead atoms. The van der Waals surface area contributed by atoms with Crippen LogP contribution in [-0.4, -0.2) is 27.8 Å². The minimum Gasteiger partial charge on any atom is -0.497 e. The first-order chi connectivity index (χ1) is 19.9. The zero-order valence-corrected chi connectivity index (χ0v) is 23.1. The second-order valence-corrected chi connectivity index (χ2v) is 9.43. The van der Waals surface area contributed by atoms with Crippen molar-refractivity contribution in [1.29, 1.82) is 0 Å². The molecule has 1 amide bonds. The number of pyridine rings is 1. The number of aryl methyl sites for hydroxylation is 1. The average molecular weight is 568 g/mol. The molecule has 206 valence electrons. The number of benzene rings is 3. The molecule has 0 atom stereocenters. The third kappa shape index (κ3) is 6.54. The molecular formula is C31H26ClN5O4. The predicted octanol–water partition coefficient (Wildman–Crippen LogP) is 6.06. The number of nitrogens with one attached hydrogen (secondary N) is 2. The smallest absolute Gasteiger partial charge is 0.299 e. The highest BCUT2D eigenvalue weighted by atomic mass is 35.5. The molecule has 2 N–H and O–H groups in total. The fraction of sp³-hybridized carbons (Fsp3) is 0.0968. The maximum absolute atomic E-state index is 13.8. The average Bonchev–Trinajstić information content (AvgIpc) is 3.00. The number of methoxy groups -OCH3 is 1. The number of aromatic nitrogens is 3. The van der Waals surface area contributed by atoms with E-state index in [-0.39, 0.29) is 23.9 Å². The monoisotopic (exact) mass is 567 g/mol. The second-order valence-electron chi connectivity index (χ2n) is 9.02. The molecule has 9 nitrogen and oxygen atoms in total. The topological polar surface area (TPSA) is 107 Å². The van der Waals surface area contributed by atoms with Crippen molar-refractivity contribution < 1.29 is 14.3 Å². The minimum absolute atomic E-state index is 0.134. The van der Waals surface area contributed by atoms with Gasteiger partial charge in [-0.2, -0.15) is 9.78 Å². The van der Waals surface area contributed by atoms with Crippen LogP contribution in [0.1, 0.15) is 21.6 Å². The van der Waals surface area contributed by atoms with Gasteiger partial charge in [-0.15, -0.1) is 0 Å².